The van der Waals surface area contributed by atoms with Crippen molar-refractivity contribution in [3.05, 3.63) is 10.5 Å². The zero-order valence-electron chi connectivity index (χ0n) is 10.1. The Morgan fingerprint density at radius 3 is 3.00 bits per heavy atom. The second-order valence-corrected chi connectivity index (χ2v) is 6.75. The van der Waals surface area contributed by atoms with Crippen molar-refractivity contribution in [2.24, 2.45) is 0 Å². The molecule has 0 bridgehead atoms. The molecule has 2 rings (SSSR count). The number of nitrogens with zero attached hydrogens (tertiary/aromatic N) is 6. The minimum atomic E-state index is 0.670. The Morgan fingerprint density at radius 2 is 2.33 bits per heavy atom. The summed E-state index contributed by atoms with van der Waals surface area (Å²) in [5.74, 6) is 0. The number of hydrogen-bond donors (Lipinski definition) is 0. The van der Waals surface area contributed by atoms with Gasteiger partial charge in [0.05, 0.1) is 6.20 Å². The van der Waals surface area contributed by atoms with Crippen LogP contribution in [-0.2, 0) is 6.54 Å². The summed E-state index contributed by atoms with van der Waals surface area (Å²) < 4.78 is 3.32. The first-order valence-corrected chi connectivity index (χ1v) is 7.36. The number of hydrogen-bond acceptors (Lipinski definition) is 7. The van der Waals surface area contributed by atoms with E-state index in [4.69, 9.17) is 11.6 Å². The number of tetrazole rings is 1. The van der Waals surface area contributed by atoms with Crippen molar-refractivity contribution in [3.63, 3.8) is 0 Å². The van der Waals surface area contributed by atoms with E-state index in [1.807, 2.05) is 14.1 Å². The fourth-order valence-corrected chi connectivity index (χ4v) is 3.33. The van der Waals surface area contributed by atoms with Gasteiger partial charge in [-0.25, -0.2) is 9.67 Å². The number of aryl methyl sites for hydroxylation is 1. The van der Waals surface area contributed by atoms with Crippen LogP contribution in [0, 0.1) is 0 Å². The lowest BCUT2D eigenvalue weighted by Crippen LogP contribution is -2.15. The van der Waals surface area contributed by atoms with Gasteiger partial charge in [0.2, 0.25) is 5.16 Å². The van der Waals surface area contributed by atoms with Crippen LogP contribution in [0.25, 0.3) is 0 Å². The first-order chi connectivity index (χ1) is 8.65. The van der Waals surface area contributed by atoms with Gasteiger partial charge in [-0.05, 0) is 49.2 Å². The van der Waals surface area contributed by atoms with E-state index >= 15 is 0 Å². The first-order valence-electron chi connectivity index (χ1n) is 5.35. The van der Waals surface area contributed by atoms with E-state index in [0.29, 0.717) is 4.34 Å². The summed E-state index contributed by atoms with van der Waals surface area (Å²) in [6.45, 7) is 1.81. The monoisotopic (exact) mass is 304 g/mol. The summed E-state index contributed by atoms with van der Waals surface area (Å²) >= 11 is 8.70. The molecule has 0 amide bonds. The maximum Gasteiger partial charge on any atom is 0.216 e. The van der Waals surface area contributed by atoms with Crippen LogP contribution in [0.1, 0.15) is 6.42 Å². The summed E-state index contributed by atoms with van der Waals surface area (Å²) in [5, 5.41) is 12.4. The van der Waals surface area contributed by atoms with Crippen molar-refractivity contribution in [1.82, 2.24) is 30.1 Å². The third-order valence-electron chi connectivity index (χ3n) is 2.11. The number of halogens is 1. The van der Waals surface area contributed by atoms with E-state index in [1.165, 1.54) is 23.1 Å². The lowest BCUT2D eigenvalue weighted by atomic mass is 10.4. The molecule has 2 aromatic rings. The van der Waals surface area contributed by atoms with Gasteiger partial charge >= 0.3 is 0 Å². The summed E-state index contributed by atoms with van der Waals surface area (Å²) in [6, 6.07) is 0. The molecule has 0 unspecified atom stereocenters. The predicted molar refractivity (Wildman–Crippen MR) is 72.2 cm³/mol. The third kappa shape index (κ3) is 3.91. The van der Waals surface area contributed by atoms with E-state index in [0.717, 1.165) is 29.0 Å². The molecule has 0 aliphatic rings. The smallest absolute Gasteiger partial charge is 0.216 e. The zero-order chi connectivity index (χ0) is 13.0. The molecule has 9 heteroatoms. The maximum atomic E-state index is 5.84. The zero-order valence-corrected chi connectivity index (χ0v) is 12.5. The fraction of sp³-hybridized carbons (Fsp3) is 0.556. The SMILES string of the molecule is CN(C)CCCn1nnnc1Sc1ncc(Cl)s1. The van der Waals surface area contributed by atoms with Crippen molar-refractivity contribution in [2.45, 2.75) is 22.5 Å². The van der Waals surface area contributed by atoms with Gasteiger partial charge in [0.1, 0.15) is 4.34 Å². The molecule has 98 valence electrons. The van der Waals surface area contributed by atoms with Crippen molar-refractivity contribution in [3.8, 4) is 0 Å². The Labute approximate surface area is 118 Å². The molecule has 18 heavy (non-hydrogen) atoms. The first kappa shape index (κ1) is 13.7. The number of thiazole rings is 1. The van der Waals surface area contributed by atoms with Crippen LogP contribution >= 0.6 is 34.7 Å². The van der Waals surface area contributed by atoms with Crippen LogP contribution in [0.4, 0.5) is 0 Å². The quantitative estimate of drug-likeness (QED) is 0.812. The largest absolute Gasteiger partial charge is 0.309 e. The molecule has 0 radical (unpaired) electrons. The second kappa shape index (κ2) is 6.46. The molecule has 0 aromatic carbocycles. The number of rotatable bonds is 6. The topological polar surface area (TPSA) is 59.7 Å². The van der Waals surface area contributed by atoms with E-state index in [1.54, 1.807) is 10.9 Å². The standard InChI is InChI=1S/C9H13ClN6S2/c1-15(2)4-3-5-16-8(12-13-14-16)18-9-11-6-7(10)17-9/h6H,3-5H2,1-2H3. The summed E-state index contributed by atoms with van der Waals surface area (Å²) in [5.41, 5.74) is 0. The van der Waals surface area contributed by atoms with E-state index < -0.39 is 0 Å². The van der Waals surface area contributed by atoms with Gasteiger partial charge in [-0.3, -0.25) is 0 Å². The van der Waals surface area contributed by atoms with Crippen LogP contribution in [-0.4, -0.2) is 50.7 Å². The Balaban J connectivity index is 1.95. The van der Waals surface area contributed by atoms with E-state index in [-0.39, 0.29) is 0 Å². The molecule has 2 heterocycles. The predicted octanol–water partition coefficient (Wildman–Crippen LogP) is 1.89. The Kier molecular flexibility index (Phi) is 4.93. The Hall–Kier alpha value is -0.700. The van der Waals surface area contributed by atoms with Gasteiger partial charge in [0, 0.05) is 6.54 Å². The van der Waals surface area contributed by atoms with Crippen LogP contribution < -0.4 is 0 Å². The second-order valence-electron chi connectivity index (χ2n) is 3.87. The Morgan fingerprint density at radius 1 is 1.50 bits per heavy atom. The third-order valence-corrected chi connectivity index (χ3v) is 4.27. The van der Waals surface area contributed by atoms with Gasteiger partial charge in [0.25, 0.3) is 0 Å². The summed E-state index contributed by atoms with van der Waals surface area (Å²) in [7, 11) is 4.10. The van der Waals surface area contributed by atoms with E-state index in [9.17, 15) is 0 Å². The lowest BCUT2D eigenvalue weighted by Gasteiger charge is -2.08. The summed E-state index contributed by atoms with van der Waals surface area (Å²) in [6.07, 6.45) is 2.64. The molecule has 0 saturated heterocycles. The van der Waals surface area contributed by atoms with Crippen LogP contribution in [0.15, 0.2) is 15.7 Å². The normalized spacial score (nSPS) is 11.3. The van der Waals surface area contributed by atoms with Gasteiger partial charge in [-0.1, -0.05) is 22.9 Å². The highest BCUT2D eigenvalue weighted by molar-refractivity contribution is 8.00. The average Bonchev–Trinajstić information content (AvgIpc) is 2.89. The molecule has 0 fully saturated rings. The van der Waals surface area contributed by atoms with Crippen molar-refractivity contribution < 1.29 is 0 Å². The molecule has 6 nitrogen and oxygen atoms in total. The van der Waals surface area contributed by atoms with Gasteiger partial charge in [-0.2, -0.15) is 0 Å². The molecule has 0 saturated carbocycles. The molecule has 0 atom stereocenters. The molecule has 0 aliphatic heterocycles. The van der Waals surface area contributed by atoms with Gasteiger partial charge in [-0.15, -0.1) is 5.10 Å². The molecule has 0 spiro atoms. The molecule has 0 N–H and O–H groups in total. The van der Waals surface area contributed by atoms with Gasteiger partial charge < -0.3 is 4.90 Å². The van der Waals surface area contributed by atoms with Gasteiger partial charge in [0.15, 0.2) is 4.34 Å². The maximum absolute atomic E-state index is 5.84. The molecular formula is C9H13ClN6S2. The van der Waals surface area contributed by atoms with Crippen LogP contribution in [0.3, 0.4) is 0 Å². The lowest BCUT2D eigenvalue weighted by molar-refractivity contribution is 0.373. The molecule has 2 aromatic heterocycles. The average molecular weight is 305 g/mol. The fourth-order valence-electron chi connectivity index (χ4n) is 1.31. The minimum Gasteiger partial charge on any atom is -0.309 e. The van der Waals surface area contributed by atoms with Crippen molar-refractivity contribution in [1.29, 1.82) is 0 Å². The summed E-state index contributed by atoms with van der Waals surface area (Å²) in [4.78, 5) is 6.31. The van der Waals surface area contributed by atoms with Crippen molar-refractivity contribution >= 4 is 34.7 Å². The Bertz CT molecular complexity index is 497. The molecule has 0 aliphatic carbocycles. The van der Waals surface area contributed by atoms with Crippen molar-refractivity contribution in [2.75, 3.05) is 20.6 Å². The van der Waals surface area contributed by atoms with Crippen LogP contribution in [0.2, 0.25) is 4.34 Å². The minimum absolute atomic E-state index is 0.670. The highest BCUT2D eigenvalue weighted by Crippen LogP contribution is 2.31. The number of aromatic nitrogens is 5. The highest BCUT2D eigenvalue weighted by atomic mass is 35.5. The molecular weight excluding hydrogens is 292 g/mol. The highest BCUT2D eigenvalue weighted by Gasteiger charge is 2.10. The van der Waals surface area contributed by atoms with E-state index in [2.05, 4.69) is 25.4 Å². The van der Waals surface area contributed by atoms with Crippen LogP contribution in [0.5, 0.6) is 0 Å².